The van der Waals surface area contributed by atoms with Crippen LogP contribution in [0.1, 0.15) is 34.5 Å². The molecule has 0 aliphatic rings. The number of likely N-dealkylation sites (N-methyl/N-ethyl adjacent to an activating group) is 1. The van der Waals surface area contributed by atoms with Gasteiger partial charge >= 0.3 is 0 Å². The summed E-state index contributed by atoms with van der Waals surface area (Å²) in [6.45, 7) is 1.75. The van der Waals surface area contributed by atoms with E-state index in [1.54, 1.807) is 47.0 Å². The van der Waals surface area contributed by atoms with Crippen molar-refractivity contribution in [2.75, 3.05) is 14.1 Å². The zero-order valence-corrected chi connectivity index (χ0v) is 17.9. The lowest BCUT2D eigenvalue weighted by Crippen LogP contribution is -2.28. The third kappa shape index (κ3) is 4.51. The molecule has 0 amide bonds. The Morgan fingerprint density at radius 1 is 1.10 bits per heavy atom. The maximum absolute atomic E-state index is 13.3. The van der Waals surface area contributed by atoms with Crippen molar-refractivity contribution in [3.8, 4) is 5.69 Å². The summed E-state index contributed by atoms with van der Waals surface area (Å²) in [6, 6.07) is 12.1. The number of carbonyl (C=O) groups excluding carboxylic acids is 1. The minimum absolute atomic E-state index is 0.180. The monoisotopic (exact) mass is 432 g/mol. The Hall–Kier alpha value is -2.25. The van der Waals surface area contributed by atoms with Gasteiger partial charge in [0.05, 0.1) is 10.7 Å². The first-order valence-corrected chi connectivity index (χ1v) is 9.88. The van der Waals surface area contributed by atoms with Crippen LogP contribution in [0.25, 0.3) is 5.69 Å². The Morgan fingerprint density at radius 2 is 1.79 bits per heavy atom. The molecule has 1 atom stereocenters. The summed E-state index contributed by atoms with van der Waals surface area (Å²) in [4.78, 5) is 15.4. The Balaban J connectivity index is 2.17. The second-order valence-electron chi connectivity index (χ2n) is 7.01. The van der Waals surface area contributed by atoms with E-state index in [4.69, 9.17) is 23.2 Å². The summed E-state index contributed by atoms with van der Waals surface area (Å²) in [5.41, 5.74) is 1.28. The second kappa shape index (κ2) is 9.05. The Labute approximate surface area is 179 Å². The number of halogens is 2. The Kier molecular flexibility index (Phi) is 6.70. The van der Waals surface area contributed by atoms with Gasteiger partial charge in [0.1, 0.15) is 12.4 Å². The molecule has 0 aliphatic carbocycles. The van der Waals surface area contributed by atoms with Crippen LogP contribution in [0, 0.1) is 0 Å². The van der Waals surface area contributed by atoms with Gasteiger partial charge in [-0.1, -0.05) is 35.3 Å². The van der Waals surface area contributed by atoms with Crippen LogP contribution >= 0.6 is 23.2 Å². The molecule has 1 heterocycles. The van der Waals surface area contributed by atoms with Crippen molar-refractivity contribution < 1.29 is 9.90 Å². The van der Waals surface area contributed by atoms with Crippen molar-refractivity contribution in [3.63, 3.8) is 0 Å². The van der Waals surface area contributed by atoms with Gasteiger partial charge in [-0.25, -0.2) is 0 Å². The highest BCUT2D eigenvalue weighted by atomic mass is 35.5. The zero-order valence-electron chi connectivity index (χ0n) is 16.4. The number of aliphatic hydroxyl groups excluding tert-OH is 1. The fourth-order valence-corrected chi connectivity index (χ4v) is 3.38. The normalized spacial score (nSPS) is 12.4. The average Bonchev–Trinajstić information content (AvgIpc) is 3.10. The molecule has 1 aromatic heterocycles. The van der Waals surface area contributed by atoms with Gasteiger partial charge in [-0.2, -0.15) is 0 Å². The van der Waals surface area contributed by atoms with Gasteiger partial charge in [0.2, 0.25) is 0 Å². The molecule has 1 unspecified atom stereocenters. The largest absolute Gasteiger partial charge is 0.388 e. The lowest BCUT2D eigenvalue weighted by atomic mass is 10.0. The van der Waals surface area contributed by atoms with Crippen LogP contribution in [-0.4, -0.2) is 50.7 Å². The number of aliphatic hydroxyl groups is 1. The van der Waals surface area contributed by atoms with E-state index >= 15 is 0 Å². The molecule has 6 nitrogen and oxygen atoms in total. The summed E-state index contributed by atoms with van der Waals surface area (Å²) < 4.78 is 1.72. The molecular formula is C21H22Cl2N4O2. The molecule has 29 heavy (non-hydrogen) atoms. The molecule has 0 saturated heterocycles. The molecule has 0 spiro atoms. The predicted molar refractivity (Wildman–Crippen MR) is 114 cm³/mol. The Morgan fingerprint density at radius 3 is 2.45 bits per heavy atom. The predicted octanol–water partition coefficient (Wildman–Crippen LogP) is 3.79. The molecule has 3 rings (SSSR count). The number of carbonyl (C=O) groups is 1. The topological polar surface area (TPSA) is 71.2 Å². The SMILES string of the molecule is CC(Cc1nnc(CO)n1-c1ccc(Cl)cc1C(=O)c1ccccc1Cl)N(C)C. The third-order valence-electron chi connectivity index (χ3n) is 4.86. The summed E-state index contributed by atoms with van der Waals surface area (Å²) >= 11 is 12.5. The third-order valence-corrected chi connectivity index (χ3v) is 5.43. The van der Waals surface area contributed by atoms with Crippen LogP contribution < -0.4 is 0 Å². The van der Waals surface area contributed by atoms with Crippen molar-refractivity contribution in [3.05, 3.63) is 75.3 Å². The van der Waals surface area contributed by atoms with Crippen LogP contribution in [-0.2, 0) is 13.0 Å². The maximum atomic E-state index is 13.3. The minimum atomic E-state index is -0.314. The molecule has 152 valence electrons. The molecule has 8 heteroatoms. The van der Waals surface area contributed by atoms with Gasteiger partial charge in [0, 0.05) is 28.6 Å². The first-order chi connectivity index (χ1) is 13.8. The van der Waals surface area contributed by atoms with Gasteiger partial charge in [0.15, 0.2) is 11.6 Å². The van der Waals surface area contributed by atoms with Crippen molar-refractivity contribution >= 4 is 29.0 Å². The number of rotatable bonds is 7. The number of benzene rings is 2. The molecule has 0 radical (unpaired) electrons. The van der Waals surface area contributed by atoms with E-state index in [1.165, 1.54) is 0 Å². The molecule has 0 bridgehead atoms. The van der Waals surface area contributed by atoms with Crippen molar-refractivity contribution in [1.82, 2.24) is 19.7 Å². The van der Waals surface area contributed by atoms with E-state index < -0.39 is 0 Å². The van der Waals surface area contributed by atoms with Crippen LogP contribution in [0.2, 0.25) is 10.0 Å². The number of hydrogen-bond donors (Lipinski definition) is 1. The van der Waals surface area contributed by atoms with Gasteiger partial charge in [-0.3, -0.25) is 9.36 Å². The first-order valence-electron chi connectivity index (χ1n) is 9.13. The maximum Gasteiger partial charge on any atom is 0.196 e. The second-order valence-corrected chi connectivity index (χ2v) is 7.86. The average molecular weight is 433 g/mol. The highest BCUT2D eigenvalue weighted by Gasteiger charge is 2.23. The summed E-state index contributed by atoms with van der Waals surface area (Å²) in [5.74, 6) is 0.726. The quantitative estimate of drug-likeness (QED) is 0.574. The van der Waals surface area contributed by atoms with Gasteiger partial charge in [0.25, 0.3) is 0 Å². The van der Waals surface area contributed by atoms with E-state index in [0.717, 1.165) is 0 Å². The van der Waals surface area contributed by atoms with Gasteiger partial charge < -0.3 is 10.0 Å². The van der Waals surface area contributed by atoms with Crippen molar-refractivity contribution in [2.45, 2.75) is 26.0 Å². The minimum Gasteiger partial charge on any atom is -0.388 e. The molecule has 3 aromatic rings. The van der Waals surface area contributed by atoms with E-state index in [1.807, 2.05) is 14.1 Å². The molecule has 0 saturated carbocycles. The smallest absolute Gasteiger partial charge is 0.196 e. The Bertz CT molecular complexity index is 1030. The number of ketones is 1. The lowest BCUT2D eigenvalue weighted by molar-refractivity contribution is 0.103. The summed E-state index contributed by atoms with van der Waals surface area (Å²) in [6.07, 6.45) is 0.586. The van der Waals surface area contributed by atoms with E-state index in [0.29, 0.717) is 44.9 Å². The van der Waals surface area contributed by atoms with Crippen LogP contribution in [0.4, 0.5) is 0 Å². The molecule has 2 aromatic carbocycles. The zero-order chi connectivity index (χ0) is 21.1. The van der Waals surface area contributed by atoms with Crippen LogP contribution in [0.15, 0.2) is 42.5 Å². The lowest BCUT2D eigenvalue weighted by Gasteiger charge is -2.20. The molecule has 1 N–H and O–H groups in total. The summed E-state index contributed by atoms with van der Waals surface area (Å²) in [7, 11) is 3.96. The van der Waals surface area contributed by atoms with E-state index in [-0.39, 0.29) is 18.4 Å². The van der Waals surface area contributed by atoms with Gasteiger partial charge in [-0.05, 0) is 51.4 Å². The number of hydrogen-bond acceptors (Lipinski definition) is 5. The number of aromatic nitrogens is 3. The van der Waals surface area contributed by atoms with Gasteiger partial charge in [-0.15, -0.1) is 10.2 Å². The van der Waals surface area contributed by atoms with E-state index in [9.17, 15) is 9.90 Å². The van der Waals surface area contributed by atoms with Crippen molar-refractivity contribution in [2.24, 2.45) is 0 Å². The molecule has 0 fully saturated rings. The molecule has 0 aliphatic heterocycles. The molecular weight excluding hydrogens is 411 g/mol. The standard InChI is InChI=1S/C21H22Cl2N4O2/c1-13(26(2)3)10-19-24-25-20(12-28)27(19)18-9-8-14(22)11-16(18)21(29)15-6-4-5-7-17(15)23/h4-9,11,13,28H,10,12H2,1-3H3. The first kappa shape index (κ1) is 21.5. The fraction of sp³-hybridized carbons (Fsp3) is 0.286. The van der Waals surface area contributed by atoms with Crippen LogP contribution in [0.3, 0.4) is 0 Å². The van der Waals surface area contributed by atoms with Crippen molar-refractivity contribution in [1.29, 1.82) is 0 Å². The van der Waals surface area contributed by atoms with E-state index in [2.05, 4.69) is 22.0 Å². The highest BCUT2D eigenvalue weighted by molar-refractivity contribution is 6.35. The number of nitrogens with zero attached hydrogens (tertiary/aromatic N) is 4. The highest BCUT2D eigenvalue weighted by Crippen LogP contribution is 2.27. The van der Waals surface area contributed by atoms with Crippen LogP contribution in [0.5, 0.6) is 0 Å². The summed E-state index contributed by atoms with van der Waals surface area (Å²) in [5, 5.41) is 19.0. The fourth-order valence-electron chi connectivity index (χ4n) is 2.99.